The molecule has 2 rings (SSSR count). The number of thioether (sulfide) groups is 1. The van der Waals surface area contributed by atoms with Gasteiger partial charge in [-0.1, -0.05) is 18.2 Å². The predicted octanol–water partition coefficient (Wildman–Crippen LogP) is 3.41. The molecular weight excluding hydrogens is 304 g/mol. The van der Waals surface area contributed by atoms with E-state index in [1.54, 1.807) is 25.1 Å². The molecule has 0 aliphatic carbocycles. The Kier molecular flexibility index (Phi) is 4.49. The van der Waals surface area contributed by atoms with Crippen LogP contribution < -0.4 is 10.5 Å². The van der Waals surface area contributed by atoms with Crippen LogP contribution in [-0.2, 0) is 10.0 Å². The zero-order valence-electron chi connectivity index (χ0n) is 12.2. The topological polar surface area (TPSA) is 72.2 Å². The minimum Gasteiger partial charge on any atom is -0.398 e. The highest BCUT2D eigenvalue weighted by molar-refractivity contribution is 7.99. The third kappa shape index (κ3) is 3.16. The molecule has 0 aliphatic heterocycles. The molecule has 0 heterocycles. The second-order valence-corrected chi connectivity index (χ2v) is 7.20. The van der Waals surface area contributed by atoms with Crippen LogP contribution in [-0.4, -0.2) is 14.7 Å². The Morgan fingerprint density at radius 3 is 2.43 bits per heavy atom. The van der Waals surface area contributed by atoms with E-state index in [1.807, 2.05) is 31.4 Å². The molecule has 2 aromatic carbocycles. The smallest absolute Gasteiger partial charge is 0.264 e. The Morgan fingerprint density at radius 2 is 1.76 bits per heavy atom. The molecular formula is C15H18N2O2S2. The van der Waals surface area contributed by atoms with Crippen molar-refractivity contribution in [1.29, 1.82) is 0 Å². The molecule has 112 valence electrons. The molecule has 0 atom stereocenters. The molecule has 2 aromatic rings. The number of hydrogen-bond donors (Lipinski definition) is 2. The molecule has 0 saturated carbocycles. The van der Waals surface area contributed by atoms with Crippen LogP contribution in [0.4, 0.5) is 11.4 Å². The fourth-order valence-corrected chi connectivity index (χ4v) is 4.22. The third-order valence-corrected chi connectivity index (χ3v) is 5.69. The van der Waals surface area contributed by atoms with Gasteiger partial charge in [-0.05, 0) is 49.4 Å². The summed E-state index contributed by atoms with van der Waals surface area (Å²) in [6.07, 6.45) is 1.90. The van der Waals surface area contributed by atoms with Crippen LogP contribution in [0, 0.1) is 13.8 Å². The zero-order chi connectivity index (χ0) is 15.6. The first kappa shape index (κ1) is 15.7. The molecule has 4 nitrogen and oxygen atoms in total. The maximum atomic E-state index is 12.7. The first-order valence-electron chi connectivity index (χ1n) is 6.38. The number of hydrogen-bond acceptors (Lipinski definition) is 4. The minimum atomic E-state index is -3.72. The van der Waals surface area contributed by atoms with Gasteiger partial charge in [0.05, 0.1) is 11.4 Å². The largest absolute Gasteiger partial charge is 0.398 e. The maximum Gasteiger partial charge on any atom is 0.264 e. The Bertz CT molecular complexity index is 771. The van der Waals surface area contributed by atoms with E-state index in [9.17, 15) is 8.42 Å². The van der Waals surface area contributed by atoms with Crippen LogP contribution in [0.5, 0.6) is 0 Å². The molecule has 0 aliphatic rings. The molecule has 0 bridgehead atoms. The molecule has 0 amide bonds. The van der Waals surface area contributed by atoms with Gasteiger partial charge in [0.15, 0.2) is 0 Å². The van der Waals surface area contributed by atoms with Crippen LogP contribution in [0.1, 0.15) is 11.1 Å². The van der Waals surface area contributed by atoms with Crippen molar-refractivity contribution < 1.29 is 8.42 Å². The molecule has 0 saturated heterocycles. The molecule has 0 spiro atoms. The number of nitrogens with two attached hydrogens (primary N) is 1. The van der Waals surface area contributed by atoms with Crippen molar-refractivity contribution in [2.45, 2.75) is 23.6 Å². The lowest BCUT2D eigenvalue weighted by atomic mass is 10.1. The van der Waals surface area contributed by atoms with Gasteiger partial charge in [-0.15, -0.1) is 11.8 Å². The number of nitrogens with one attached hydrogen (secondary N) is 1. The standard InChI is InChI=1S/C15H18N2O2S2/c1-10-8-9-12(16)15(11(10)2)21(18,19)17-13-6-4-5-7-14(13)20-3/h4-9,17H,16H2,1-3H3. The molecule has 6 heteroatoms. The van der Waals surface area contributed by atoms with Gasteiger partial charge in [-0.3, -0.25) is 4.72 Å². The maximum absolute atomic E-state index is 12.7. The molecule has 21 heavy (non-hydrogen) atoms. The van der Waals surface area contributed by atoms with Crippen molar-refractivity contribution in [2.75, 3.05) is 16.7 Å². The summed E-state index contributed by atoms with van der Waals surface area (Å²) in [6.45, 7) is 3.63. The van der Waals surface area contributed by atoms with Crippen LogP contribution in [0.3, 0.4) is 0 Å². The van der Waals surface area contributed by atoms with Gasteiger partial charge in [0.1, 0.15) is 4.90 Å². The fourth-order valence-electron chi connectivity index (χ4n) is 2.09. The van der Waals surface area contributed by atoms with E-state index in [0.29, 0.717) is 11.3 Å². The second-order valence-electron chi connectivity index (χ2n) is 4.73. The van der Waals surface area contributed by atoms with E-state index in [4.69, 9.17) is 5.73 Å². The third-order valence-electron chi connectivity index (χ3n) is 3.33. The first-order valence-corrected chi connectivity index (χ1v) is 9.09. The summed E-state index contributed by atoms with van der Waals surface area (Å²) < 4.78 is 28.0. The average Bonchev–Trinajstić information content (AvgIpc) is 2.43. The summed E-state index contributed by atoms with van der Waals surface area (Å²) in [5, 5.41) is 0. The Morgan fingerprint density at radius 1 is 1.10 bits per heavy atom. The highest BCUT2D eigenvalue weighted by atomic mass is 32.2. The Hall–Kier alpha value is -1.66. The fraction of sp³-hybridized carbons (Fsp3) is 0.200. The SMILES string of the molecule is CSc1ccccc1NS(=O)(=O)c1c(N)ccc(C)c1C. The van der Waals surface area contributed by atoms with E-state index < -0.39 is 10.0 Å². The second kappa shape index (κ2) is 5.99. The average molecular weight is 322 g/mol. The summed E-state index contributed by atoms with van der Waals surface area (Å²) in [5.74, 6) is 0. The first-order chi connectivity index (χ1) is 9.86. The van der Waals surface area contributed by atoms with Crippen molar-refractivity contribution in [3.8, 4) is 0 Å². The zero-order valence-corrected chi connectivity index (χ0v) is 13.8. The normalized spacial score (nSPS) is 11.4. The Labute approximate surface area is 129 Å². The summed E-state index contributed by atoms with van der Waals surface area (Å²) in [7, 11) is -3.72. The quantitative estimate of drug-likeness (QED) is 0.668. The molecule has 0 unspecified atom stereocenters. The lowest BCUT2D eigenvalue weighted by molar-refractivity contribution is 0.601. The lowest BCUT2D eigenvalue weighted by Crippen LogP contribution is -2.17. The molecule has 0 fully saturated rings. The van der Waals surface area contributed by atoms with Crippen molar-refractivity contribution in [2.24, 2.45) is 0 Å². The number of anilines is 2. The Balaban J connectivity index is 2.51. The highest BCUT2D eigenvalue weighted by Crippen LogP contribution is 2.30. The van der Waals surface area contributed by atoms with Crippen LogP contribution in [0.2, 0.25) is 0 Å². The summed E-state index contributed by atoms with van der Waals surface area (Å²) >= 11 is 1.48. The number of rotatable bonds is 4. The van der Waals surface area contributed by atoms with Crippen molar-refractivity contribution in [1.82, 2.24) is 0 Å². The highest BCUT2D eigenvalue weighted by Gasteiger charge is 2.22. The number of para-hydroxylation sites is 1. The lowest BCUT2D eigenvalue weighted by Gasteiger charge is -2.15. The number of aryl methyl sites for hydroxylation is 1. The van der Waals surface area contributed by atoms with E-state index >= 15 is 0 Å². The molecule has 0 aromatic heterocycles. The van der Waals surface area contributed by atoms with Gasteiger partial charge in [0, 0.05) is 4.90 Å². The number of nitrogen functional groups attached to an aromatic ring is 1. The van der Waals surface area contributed by atoms with Crippen LogP contribution >= 0.6 is 11.8 Å². The van der Waals surface area contributed by atoms with Gasteiger partial charge in [-0.2, -0.15) is 0 Å². The summed E-state index contributed by atoms with van der Waals surface area (Å²) in [5.41, 5.74) is 8.26. The molecule has 3 N–H and O–H groups in total. The monoisotopic (exact) mass is 322 g/mol. The van der Waals surface area contributed by atoms with Crippen molar-refractivity contribution >= 4 is 33.2 Å². The van der Waals surface area contributed by atoms with Gasteiger partial charge >= 0.3 is 0 Å². The van der Waals surface area contributed by atoms with E-state index in [1.165, 1.54) is 11.8 Å². The predicted molar refractivity (Wildman–Crippen MR) is 89.4 cm³/mol. The van der Waals surface area contributed by atoms with E-state index in [-0.39, 0.29) is 10.6 Å². The molecule has 0 radical (unpaired) electrons. The number of sulfonamides is 1. The summed E-state index contributed by atoms with van der Waals surface area (Å²) in [6, 6.07) is 10.7. The summed E-state index contributed by atoms with van der Waals surface area (Å²) in [4.78, 5) is 1.02. The number of benzene rings is 2. The van der Waals surface area contributed by atoms with E-state index in [0.717, 1.165) is 10.5 Å². The minimum absolute atomic E-state index is 0.151. The van der Waals surface area contributed by atoms with Gasteiger partial charge < -0.3 is 5.73 Å². The van der Waals surface area contributed by atoms with Crippen molar-refractivity contribution in [3.63, 3.8) is 0 Å². The van der Waals surface area contributed by atoms with Gasteiger partial charge in [-0.25, -0.2) is 8.42 Å². The van der Waals surface area contributed by atoms with Gasteiger partial charge in [0.25, 0.3) is 10.0 Å². The van der Waals surface area contributed by atoms with Gasteiger partial charge in [0.2, 0.25) is 0 Å². The van der Waals surface area contributed by atoms with Crippen LogP contribution in [0.15, 0.2) is 46.2 Å². The van der Waals surface area contributed by atoms with E-state index in [2.05, 4.69) is 4.72 Å². The van der Waals surface area contributed by atoms with Crippen molar-refractivity contribution in [3.05, 3.63) is 47.5 Å². The van der Waals surface area contributed by atoms with Crippen LogP contribution in [0.25, 0.3) is 0 Å².